The summed E-state index contributed by atoms with van der Waals surface area (Å²) in [6.45, 7) is 15.6. The zero-order valence-electron chi connectivity index (χ0n) is 7.03. The van der Waals surface area contributed by atoms with E-state index in [1.807, 2.05) is 53.8 Å². The van der Waals surface area contributed by atoms with Gasteiger partial charge in [-0.15, -0.1) is 0 Å². The second-order valence-corrected chi connectivity index (χ2v) is 1.86. The van der Waals surface area contributed by atoms with E-state index in [1.165, 1.54) is 0 Å². The van der Waals surface area contributed by atoms with E-state index in [0.717, 1.165) is 0 Å². The fraction of sp³-hybridized carbons (Fsp3) is 1.00. The van der Waals surface area contributed by atoms with Crippen molar-refractivity contribution in [1.29, 1.82) is 0 Å². The normalized spacial score (nSPS) is 7.09. The first-order valence-electron chi connectivity index (χ1n) is 3.55. The third-order valence-corrected chi connectivity index (χ3v) is 0.963. The van der Waals surface area contributed by atoms with E-state index in [9.17, 15) is 0 Å². The topological polar surface area (TPSA) is 9.23 Å². The molecule has 0 rings (SSSR count). The molecule has 0 radical (unpaired) electrons. The number of hydrogen-bond acceptors (Lipinski definition) is 1. The Morgan fingerprint density at radius 3 is 1.91 bits per heavy atom. The minimum atomic E-state index is 1.62. The van der Waals surface area contributed by atoms with E-state index < -0.39 is 0 Å². The van der Waals surface area contributed by atoms with Crippen molar-refractivity contribution in [3.05, 3.63) is 0 Å². The van der Waals surface area contributed by atoms with Crippen molar-refractivity contribution in [2.24, 2.45) is 0 Å². The van der Waals surface area contributed by atoms with Gasteiger partial charge in [0.2, 0.25) is 0 Å². The van der Waals surface area contributed by atoms with Crippen molar-refractivity contribution in [2.45, 2.75) is 6.82 Å². The Bertz CT molecular complexity index is 181. The molecule has 0 aromatic heterocycles. The van der Waals surface area contributed by atoms with Crippen LogP contribution in [0.4, 0.5) is 0 Å². The molecule has 0 saturated carbocycles. The molecule has 0 unspecified atom stereocenters. The summed E-state index contributed by atoms with van der Waals surface area (Å²) in [5.74, 6) is 0. The van der Waals surface area contributed by atoms with Gasteiger partial charge >= 0.3 is 72.5 Å². The van der Waals surface area contributed by atoms with Gasteiger partial charge in [-0.05, 0) is 0 Å². The Hall–Kier alpha value is 0.319. The molecule has 0 bridgehead atoms. The second kappa shape index (κ2) is 10.3. The van der Waals surface area contributed by atoms with Crippen LogP contribution >= 0.6 is 0 Å². The van der Waals surface area contributed by atoms with Crippen LogP contribution in [0.5, 0.6) is 0 Å². The fourth-order valence-electron chi connectivity index (χ4n) is 0.492. The van der Waals surface area contributed by atoms with Gasteiger partial charge in [0, 0.05) is 0 Å². The van der Waals surface area contributed by atoms with Crippen molar-refractivity contribution >= 4 is 54.0 Å². The standard InChI is InChI=1S/C2H6B8O/c1-3-4-5-6-7-8-9-10-11-2/h1-2H3. The Labute approximate surface area is 73.1 Å². The number of rotatable bonds is 4. The molecule has 0 fully saturated rings. The quantitative estimate of drug-likeness (QED) is 0.389. The minimum absolute atomic E-state index is 1.62. The van der Waals surface area contributed by atoms with Gasteiger partial charge in [-0.3, -0.25) is 0 Å². The average Bonchev–Trinajstić information content (AvgIpc) is 2.03. The summed E-state index contributed by atoms with van der Waals surface area (Å²) in [5, 5.41) is 0. The molecule has 0 heterocycles. The molecule has 11 heavy (non-hydrogen) atoms. The molecule has 0 aromatic rings. The van der Waals surface area contributed by atoms with E-state index in [-0.39, 0.29) is 0 Å². The van der Waals surface area contributed by atoms with E-state index in [2.05, 4.69) is 0 Å². The van der Waals surface area contributed by atoms with Crippen LogP contribution in [0.1, 0.15) is 0 Å². The van der Waals surface area contributed by atoms with Crippen molar-refractivity contribution in [2.75, 3.05) is 7.11 Å². The summed E-state index contributed by atoms with van der Waals surface area (Å²) in [4.78, 5) is 0. The van der Waals surface area contributed by atoms with E-state index in [0.29, 0.717) is 0 Å². The maximum atomic E-state index is 4.70. The van der Waals surface area contributed by atoms with Gasteiger partial charge in [0.25, 0.3) is 0 Å². The van der Waals surface area contributed by atoms with Crippen molar-refractivity contribution in [3.63, 3.8) is 0 Å². The molecule has 0 aromatic carbocycles. The molecule has 1 nitrogen and oxygen atoms in total. The molecule has 0 spiro atoms. The Morgan fingerprint density at radius 2 is 1.36 bits per heavy atom. The van der Waals surface area contributed by atoms with Gasteiger partial charge in [0.1, 0.15) is 0 Å². The summed E-state index contributed by atoms with van der Waals surface area (Å²) in [6, 6.07) is 0. The summed E-state index contributed by atoms with van der Waals surface area (Å²) in [6.07, 6.45) is 0. The summed E-state index contributed by atoms with van der Waals surface area (Å²) < 4.78 is 4.70. The summed E-state index contributed by atoms with van der Waals surface area (Å²) in [5.41, 5.74) is 0. The fourth-order valence-corrected chi connectivity index (χ4v) is 0.492. The van der Waals surface area contributed by atoms with E-state index in [1.54, 1.807) is 14.1 Å². The molecule has 44 valence electrons. The zero-order valence-corrected chi connectivity index (χ0v) is 7.03. The van der Waals surface area contributed by atoms with Gasteiger partial charge in [-0.25, -0.2) is 0 Å². The SMILES string of the molecule is CB=BB=BB=BB=BOC. The summed E-state index contributed by atoms with van der Waals surface area (Å²) >= 11 is 0. The maximum absolute atomic E-state index is 4.70. The van der Waals surface area contributed by atoms with Crippen LogP contribution in [0.3, 0.4) is 0 Å². The van der Waals surface area contributed by atoms with Crippen LogP contribution in [0, 0.1) is 0 Å². The predicted molar refractivity (Wildman–Crippen MR) is 58.9 cm³/mol. The first kappa shape index (κ1) is 11.3. The third-order valence-electron chi connectivity index (χ3n) is 0.963. The van der Waals surface area contributed by atoms with Crippen molar-refractivity contribution in [3.8, 4) is 0 Å². The Balaban J connectivity index is 3.51. The Kier molecular flexibility index (Phi) is 10.6. The predicted octanol–water partition coefficient (Wildman–Crippen LogP) is -2.37. The first-order valence-corrected chi connectivity index (χ1v) is 3.55. The van der Waals surface area contributed by atoms with Gasteiger partial charge < -0.3 is 0 Å². The molecule has 0 aliphatic carbocycles. The van der Waals surface area contributed by atoms with Crippen molar-refractivity contribution in [1.82, 2.24) is 0 Å². The van der Waals surface area contributed by atoms with Crippen LogP contribution in [-0.4, -0.2) is 61.1 Å². The molecule has 0 atom stereocenters. The average molecular weight is 133 g/mol. The molecular formula is C2H6B8O. The van der Waals surface area contributed by atoms with Crippen LogP contribution in [0.15, 0.2) is 0 Å². The monoisotopic (exact) mass is 134 g/mol. The third kappa shape index (κ3) is 10.3. The molecule has 0 saturated heterocycles. The molecule has 0 N–H and O–H groups in total. The van der Waals surface area contributed by atoms with E-state index >= 15 is 0 Å². The summed E-state index contributed by atoms with van der Waals surface area (Å²) in [7, 11) is 3.25. The van der Waals surface area contributed by atoms with E-state index in [4.69, 9.17) is 4.65 Å². The molecule has 0 amide bonds. The molecule has 0 aliphatic rings. The molecule has 9 heteroatoms. The molecular weight excluding hydrogens is 127 g/mol. The first-order chi connectivity index (χ1) is 5.41. The van der Waals surface area contributed by atoms with Crippen LogP contribution < -0.4 is 0 Å². The molecule has 0 aliphatic heterocycles. The van der Waals surface area contributed by atoms with Gasteiger partial charge in [0.15, 0.2) is 0 Å². The van der Waals surface area contributed by atoms with Crippen molar-refractivity contribution < 1.29 is 4.65 Å². The second-order valence-electron chi connectivity index (χ2n) is 1.86. The Morgan fingerprint density at radius 1 is 0.818 bits per heavy atom. The van der Waals surface area contributed by atoms with Gasteiger partial charge in [0.05, 0.1) is 0 Å². The van der Waals surface area contributed by atoms with Gasteiger partial charge in [-0.1, -0.05) is 0 Å². The van der Waals surface area contributed by atoms with Crippen LogP contribution in [0.25, 0.3) is 0 Å². The van der Waals surface area contributed by atoms with Crippen LogP contribution in [-0.2, 0) is 4.65 Å². The van der Waals surface area contributed by atoms with Crippen LogP contribution in [0.2, 0.25) is 6.82 Å². The number of hydrogen-bond donors (Lipinski definition) is 0. The zero-order chi connectivity index (χ0) is 8.36. The van der Waals surface area contributed by atoms with Gasteiger partial charge in [-0.2, -0.15) is 0 Å².